The van der Waals surface area contributed by atoms with E-state index in [2.05, 4.69) is 9.97 Å². The van der Waals surface area contributed by atoms with Crippen LogP contribution in [0.3, 0.4) is 0 Å². The van der Waals surface area contributed by atoms with Crippen LogP contribution < -0.4 is 11.4 Å². The maximum atomic E-state index is 11.5. The maximum Gasteiger partial charge on any atom is 0.357 e. The molecule has 6 heteroatoms. The number of rotatable bonds is 0. The van der Waals surface area contributed by atoms with Gasteiger partial charge in [-0.3, -0.25) is 0 Å². The van der Waals surface area contributed by atoms with Crippen molar-refractivity contribution in [2.75, 3.05) is 5.73 Å². The van der Waals surface area contributed by atoms with Gasteiger partial charge in [0.2, 0.25) is 11.7 Å². The van der Waals surface area contributed by atoms with Gasteiger partial charge in [-0.1, -0.05) is 0 Å². The first-order chi connectivity index (χ1) is 6.89. The summed E-state index contributed by atoms with van der Waals surface area (Å²) in [6.07, 6.45) is 3.44. The van der Waals surface area contributed by atoms with Gasteiger partial charge in [0.05, 0.1) is 0 Å². The number of nitrogens with zero attached hydrogens (tertiary/aromatic N) is 4. The number of imidazole rings is 1. The summed E-state index contributed by atoms with van der Waals surface area (Å²) in [7, 11) is 0. The minimum absolute atomic E-state index is 0.00389. The van der Waals surface area contributed by atoms with E-state index in [1.807, 2.05) is 25.3 Å². The Labute approximate surface area is 86.4 Å². The van der Waals surface area contributed by atoms with E-state index < -0.39 is 5.69 Å². The molecule has 2 aromatic heterocycles. The lowest BCUT2D eigenvalue weighted by Crippen LogP contribution is -2.25. The predicted molar refractivity (Wildman–Crippen MR) is 56.7 cm³/mol. The van der Waals surface area contributed by atoms with Crippen LogP contribution in [0.4, 0.5) is 5.95 Å². The van der Waals surface area contributed by atoms with E-state index in [0.29, 0.717) is 5.78 Å². The quantitative estimate of drug-likeness (QED) is 0.670. The summed E-state index contributed by atoms with van der Waals surface area (Å²) in [6.45, 7) is 6.07. The molecule has 0 saturated carbocycles. The van der Waals surface area contributed by atoms with Crippen LogP contribution in [0.2, 0.25) is 0 Å². The number of anilines is 1. The van der Waals surface area contributed by atoms with Crippen molar-refractivity contribution in [3.8, 4) is 0 Å². The molecule has 0 fully saturated rings. The lowest BCUT2D eigenvalue weighted by atomic mass is 10.1. The Morgan fingerprint density at radius 2 is 1.93 bits per heavy atom. The first-order valence-electron chi connectivity index (χ1n) is 4.63. The van der Waals surface area contributed by atoms with Crippen LogP contribution in [0.25, 0.3) is 5.78 Å². The average Bonchev–Trinajstić information content (AvgIpc) is 2.45. The molecule has 0 bridgehead atoms. The topological polar surface area (TPSA) is 78.2 Å². The Bertz CT molecular complexity index is 560. The molecule has 0 spiro atoms. The standard InChI is InChI=1S/C9H13N5O/c1-9(2,3)14-5-4-13-7(14)11-6(10)12-8(13)15/h4-5H,1-3H3,(H2,10,12,15). The highest BCUT2D eigenvalue weighted by molar-refractivity contribution is 5.35. The molecule has 0 aliphatic heterocycles. The first kappa shape index (κ1) is 9.70. The summed E-state index contributed by atoms with van der Waals surface area (Å²) in [5.41, 5.74) is 4.89. The molecule has 2 N–H and O–H groups in total. The number of nitrogens with two attached hydrogens (primary N) is 1. The van der Waals surface area contributed by atoms with Crippen LogP contribution in [0.5, 0.6) is 0 Å². The lowest BCUT2D eigenvalue weighted by molar-refractivity contribution is 0.406. The fourth-order valence-electron chi connectivity index (χ4n) is 1.44. The van der Waals surface area contributed by atoms with Crippen LogP contribution in [-0.4, -0.2) is 18.9 Å². The second-order valence-electron chi connectivity index (χ2n) is 4.37. The van der Waals surface area contributed by atoms with E-state index in [4.69, 9.17) is 5.73 Å². The molecule has 15 heavy (non-hydrogen) atoms. The van der Waals surface area contributed by atoms with Crippen molar-refractivity contribution in [3.63, 3.8) is 0 Å². The summed E-state index contributed by atoms with van der Waals surface area (Å²) >= 11 is 0. The lowest BCUT2D eigenvalue weighted by Gasteiger charge is -2.20. The van der Waals surface area contributed by atoms with Crippen molar-refractivity contribution >= 4 is 11.7 Å². The van der Waals surface area contributed by atoms with Crippen molar-refractivity contribution in [2.45, 2.75) is 26.3 Å². The van der Waals surface area contributed by atoms with Crippen LogP contribution in [0, 0.1) is 0 Å². The molecule has 0 unspecified atom stereocenters. The monoisotopic (exact) mass is 207 g/mol. The second-order valence-corrected chi connectivity index (χ2v) is 4.37. The number of fused-ring (bicyclic) bond motifs is 1. The number of nitrogen functional groups attached to an aromatic ring is 1. The van der Waals surface area contributed by atoms with Gasteiger partial charge in [-0.25, -0.2) is 9.20 Å². The van der Waals surface area contributed by atoms with Crippen LogP contribution in [0.1, 0.15) is 20.8 Å². The van der Waals surface area contributed by atoms with Crippen LogP contribution >= 0.6 is 0 Å². The minimum atomic E-state index is -0.402. The van der Waals surface area contributed by atoms with E-state index in [1.54, 1.807) is 12.4 Å². The van der Waals surface area contributed by atoms with Crippen molar-refractivity contribution in [1.29, 1.82) is 0 Å². The highest BCUT2D eigenvalue weighted by atomic mass is 16.1. The zero-order valence-electron chi connectivity index (χ0n) is 8.93. The van der Waals surface area contributed by atoms with Gasteiger partial charge in [0, 0.05) is 17.9 Å². The molecule has 0 saturated heterocycles. The fourth-order valence-corrected chi connectivity index (χ4v) is 1.44. The third kappa shape index (κ3) is 1.47. The van der Waals surface area contributed by atoms with Crippen LogP contribution in [-0.2, 0) is 5.54 Å². The molecule has 0 amide bonds. The van der Waals surface area contributed by atoms with Gasteiger partial charge < -0.3 is 10.3 Å². The molecule has 2 rings (SSSR count). The van der Waals surface area contributed by atoms with Gasteiger partial charge in [0.1, 0.15) is 0 Å². The predicted octanol–water partition coefficient (Wildman–Crippen LogP) is 0.228. The van der Waals surface area contributed by atoms with E-state index >= 15 is 0 Å². The Balaban J connectivity index is 2.86. The molecule has 0 aliphatic carbocycles. The maximum absolute atomic E-state index is 11.5. The van der Waals surface area contributed by atoms with Gasteiger partial charge in [-0.2, -0.15) is 9.97 Å². The summed E-state index contributed by atoms with van der Waals surface area (Å²) in [5.74, 6) is 0.518. The molecule has 0 radical (unpaired) electrons. The van der Waals surface area contributed by atoms with Gasteiger partial charge in [0.25, 0.3) is 0 Å². The van der Waals surface area contributed by atoms with Gasteiger partial charge >= 0.3 is 5.69 Å². The molecule has 0 aliphatic rings. The highest BCUT2D eigenvalue weighted by Crippen LogP contribution is 2.16. The second kappa shape index (κ2) is 2.82. The fraction of sp³-hybridized carbons (Fsp3) is 0.444. The summed E-state index contributed by atoms with van der Waals surface area (Å²) < 4.78 is 3.26. The van der Waals surface area contributed by atoms with Crippen molar-refractivity contribution in [3.05, 3.63) is 22.9 Å². The normalized spacial score (nSPS) is 12.2. The number of aromatic nitrogens is 4. The summed E-state index contributed by atoms with van der Waals surface area (Å²) in [4.78, 5) is 19.1. The van der Waals surface area contributed by atoms with E-state index in [-0.39, 0.29) is 11.5 Å². The van der Waals surface area contributed by atoms with Crippen LogP contribution in [0.15, 0.2) is 17.2 Å². The van der Waals surface area contributed by atoms with E-state index in [9.17, 15) is 4.79 Å². The molecular weight excluding hydrogens is 194 g/mol. The zero-order valence-corrected chi connectivity index (χ0v) is 8.93. The Hall–Kier alpha value is -1.85. The van der Waals surface area contributed by atoms with Crippen molar-refractivity contribution in [1.82, 2.24) is 18.9 Å². The Morgan fingerprint density at radius 3 is 2.53 bits per heavy atom. The van der Waals surface area contributed by atoms with Crippen molar-refractivity contribution < 1.29 is 0 Å². The minimum Gasteiger partial charge on any atom is -0.368 e. The smallest absolute Gasteiger partial charge is 0.357 e. The SMILES string of the molecule is CC(C)(C)n1ccn2c(=O)nc(N)nc12. The third-order valence-electron chi connectivity index (χ3n) is 2.15. The number of hydrogen-bond donors (Lipinski definition) is 1. The third-order valence-corrected chi connectivity index (χ3v) is 2.15. The molecular formula is C9H13N5O. The summed E-state index contributed by atoms with van der Waals surface area (Å²) in [6, 6.07) is 0. The van der Waals surface area contributed by atoms with Gasteiger partial charge in [-0.05, 0) is 20.8 Å². The highest BCUT2D eigenvalue weighted by Gasteiger charge is 2.17. The largest absolute Gasteiger partial charge is 0.368 e. The Kier molecular flexibility index (Phi) is 1.82. The van der Waals surface area contributed by atoms with Gasteiger partial charge in [-0.15, -0.1) is 0 Å². The Morgan fingerprint density at radius 1 is 1.27 bits per heavy atom. The molecule has 80 valence electrons. The average molecular weight is 207 g/mol. The first-order valence-corrected chi connectivity index (χ1v) is 4.63. The summed E-state index contributed by atoms with van der Waals surface area (Å²) in [5, 5.41) is 0. The molecule has 0 atom stereocenters. The zero-order chi connectivity index (χ0) is 11.2. The van der Waals surface area contributed by atoms with E-state index in [1.165, 1.54) is 4.40 Å². The van der Waals surface area contributed by atoms with Gasteiger partial charge in [0.15, 0.2) is 0 Å². The molecule has 2 aromatic rings. The number of hydrogen-bond acceptors (Lipinski definition) is 4. The van der Waals surface area contributed by atoms with E-state index in [0.717, 1.165) is 0 Å². The molecule has 2 heterocycles. The molecule has 6 nitrogen and oxygen atoms in total. The van der Waals surface area contributed by atoms with Crippen molar-refractivity contribution in [2.24, 2.45) is 0 Å². The molecule has 0 aromatic carbocycles.